The number of aromatic nitrogens is 4. The summed E-state index contributed by atoms with van der Waals surface area (Å²) < 4.78 is 1.53. The minimum Gasteiger partial charge on any atom is -0.339 e. The molecule has 0 aromatic carbocycles. The number of nitrogens with zero attached hydrogens (tertiary/aromatic N) is 3. The van der Waals surface area contributed by atoms with E-state index in [0.29, 0.717) is 5.82 Å². The van der Waals surface area contributed by atoms with Crippen molar-refractivity contribution >= 4 is 22.5 Å². The Morgan fingerprint density at radius 2 is 2.21 bits per heavy atom. The number of aromatic amines is 1. The van der Waals surface area contributed by atoms with Crippen LogP contribution in [0.3, 0.4) is 0 Å². The molecule has 0 radical (unpaired) electrons. The molecule has 96 valence electrons. The van der Waals surface area contributed by atoms with Crippen molar-refractivity contribution in [1.82, 2.24) is 19.5 Å². The first-order valence-corrected chi connectivity index (χ1v) is 5.88. The van der Waals surface area contributed by atoms with Crippen molar-refractivity contribution in [2.45, 2.75) is 6.92 Å². The fourth-order valence-corrected chi connectivity index (χ4v) is 1.95. The lowest BCUT2D eigenvalue weighted by molar-refractivity contribution is 0.890. The summed E-state index contributed by atoms with van der Waals surface area (Å²) in [6.07, 6.45) is 3.41. The minimum atomic E-state index is -0.147. The second-order valence-electron chi connectivity index (χ2n) is 4.34. The molecule has 0 spiro atoms. The number of anilines is 2. The third kappa shape index (κ3) is 1.97. The Morgan fingerprint density at radius 3 is 3.00 bits per heavy atom. The van der Waals surface area contributed by atoms with Crippen LogP contribution in [-0.4, -0.2) is 19.5 Å². The van der Waals surface area contributed by atoms with E-state index in [1.54, 1.807) is 19.4 Å². The third-order valence-electron chi connectivity index (χ3n) is 3.06. The normalized spacial score (nSPS) is 10.8. The second-order valence-corrected chi connectivity index (χ2v) is 4.34. The van der Waals surface area contributed by atoms with E-state index in [9.17, 15) is 4.79 Å². The summed E-state index contributed by atoms with van der Waals surface area (Å²) in [7, 11) is 1.71. The Kier molecular flexibility index (Phi) is 2.56. The van der Waals surface area contributed by atoms with Gasteiger partial charge >= 0.3 is 5.69 Å². The maximum Gasteiger partial charge on any atom is 0.326 e. The minimum absolute atomic E-state index is 0.147. The van der Waals surface area contributed by atoms with Gasteiger partial charge in [0.1, 0.15) is 5.82 Å². The number of aryl methyl sites for hydroxylation is 2. The van der Waals surface area contributed by atoms with E-state index >= 15 is 0 Å². The van der Waals surface area contributed by atoms with Gasteiger partial charge in [0.15, 0.2) is 0 Å². The number of H-pyrrole nitrogens is 1. The van der Waals surface area contributed by atoms with Crippen LogP contribution in [0.25, 0.3) is 11.0 Å². The van der Waals surface area contributed by atoms with E-state index in [0.717, 1.165) is 22.4 Å². The molecular formula is C13H13N5O. The SMILES string of the molecule is Cc1ncccc1Nc1cc2[nH]c(=O)n(C)c2cn1. The van der Waals surface area contributed by atoms with Crippen molar-refractivity contribution in [3.8, 4) is 0 Å². The van der Waals surface area contributed by atoms with E-state index in [1.807, 2.05) is 25.1 Å². The number of nitrogens with one attached hydrogen (secondary N) is 2. The van der Waals surface area contributed by atoms with Gasteiger partial charge in [0.05, 0.1) is 28.6 Å². The number of imidazole rings is 1. The molecule has 19 heavy (non-hydrogen) atoms. The first-order chi connectivity index (χ1) is 9.15. The maximum absolute atomic E-state index is 11.5. The third-order valence-corrected chi connectivity index (χ3v) is 3.06. The molecule has 2 N–H and O–H groups in total. The van der Waals surface area contributed by atoms with Crippen LogP contribution >= 0.6 is 0 Å². The lowest BCUT2D eigenvalue weighted by atomic mass is 10.3. The van der Waals surface area contributed by atoms with Crippen molar-refractivity contribution in [1.29, 1.82) is 0 Å². The first-order valence-electron chi connectivity index (χ1n) is 5.88. The van der Waals surface area contributed by atoms with E-state index < -0.39 is 0 Å². The van der Waals surface area contributed by atoms with Crippen LogP contribution in [0.15, 0.2) is 35.4 Å². The Bertz CT molecular complexity index is 802. The van der Waals surface area contributed by atoms with Gasteiger partial charge < -0.3 is 10.3 Å². The van der Waals surface area contributed by atoms with Gasteiger partial charge in [0.2, 0.25) is 0 Å². The van der Waals surface area contributed by atoms with E-state index in [1.165, 1.54) is 4.57 Å². The van der Waals surface area contributed by atoms with Gasteiger partial charge in [-0.15, -0.1) is 0 Å². The molecule has 0 amide bonds. The monoisotopic (exact) mass is 255 g/mol. The van der Waals surface area contributed by atoms with Crippen molar-refractivity contribution in [3.05, 3.63) is 46.8 Å². The highest BCUT2D eigenvalue weighted by molar-refractivity contribution is 5.78. The average Bonchev–Trinajstić information content (AvgIpc) is 2.68. The second kappa shape index (κ2) is 4.24. The van der Waals surface area contributed by atoms with Gasteiger partial charge in [-0.2, -0.15) is 0 Å². The molecule has 0 bridgehead atoms. The molecule has 6 heteroatoms. The highest BCUT2D eigenvalue weighted by Crippen LogP contribution is 2.19. The number of hydrogen-bond donors (Lipinski definition) is 2. The zero-order chi connectivity index (χ0) is 13.4. The molecule has 0 saturated carbocycles. The molecule has 0 fully saturated rings. The molecule has 3 rings (SSSR count). The van der Waals surface area contributed by atoms with E-state index in [4.69, 9.17) is 0 Å². The molecule has 0 aliphatic heterocycles. The zero-order valence-electron chi connectivity index (χ0n) is 10.6. The fraction of sp³-hybridized carbons (Fsp3) is 0.154. The van der Waals surface area contributed by atoms with Crippen LogP contribution in [0.1, 0.15) is 5.69 Å². The summed E-state index contributed by atoms with van der Waals surface area (Å²) in [5, 5.41) is 3.19. The molecular weight excluding hydrogens is 242 g/mol. The van der Waals surface area contributed by atoms with E-state index in [2.05, 4.69) is 20.3 Å². The summed E-state index contributed by atoms with van der Waals surface area (Å²) in [6, 6.07) is 5.60. The summed E-state index contributed by atoms with van der Waals surface area (Å²) in [5.74, 6) is 0.672. The van der Waals surface area contributed by atoms with Crippen LogP contribution < -0.4 is 11.0 Å². The van der Waals surface area contributed by atoms with Gasteiger partial charge in [0.25, 0.3) is 0 Å². The number of hydrogen-bond acceptors (Lipinski definition) is 4. The van der Waals surface area contributed by atoms with Crippen molar-refractivity contribution < 1.29 is 0 Å². The highest BCUT2D eigenvalue weighted by atomic mass is 16.1. The van der Waals surface area contributed by atoms with Crippen molar-refractivity contribution in [3.63, 3.8) is 0 Å². The Balaban J connectivity index is 2.03. The molecule has 3 aromatic heterocycles. The molecule has 3 aromatic rings. The number of fused-ring (bicyclic) bond motifs is 1. The van der Waals surface area contributed by atoms with Gasteiger partial charge in [0, 0.05) is 19.3 Å². The predicted octanol–water partition coefficient (Wildman–Crippen LogP) is 1.71. The van der Waals surface area contributed by atoms with Crippen LogP contribution in [0.2, 0.25) is 0 Å². The molecule has 0 aliphatic carbocycles. The van der Waals surface area contributed by atoms with Crippen molar-refractivity contribution in [2.24, 2.45) is 7.05 Å². The van der Waals surface area contributed by atoms with Crippen LogP contribution in [-0.2, 0) is 7.05 Å². The Labute approximate surface area is 109 Å². The van der Waals surface area contributed by atoms with Gasteiger partial charge in [-0.3, -0.25) is 9.55 Å². The summed E-state index contributed by atoms with van der Waals surface area (Å²) >= 11 is 0. The van der Waals surface area contributed by atoms with Crippen LogP contribution in [0, 0.1) is 6.92 Å². The molecule has 6 nitrogen and oxygen atoms in total. The molecule has 0 saturated heterocycles. The zero-order valence-corrected chi connectivity index (χ0v) is 10.6. The predicted molar refractivity (Wildman–Crippen MR) is 73.6 cm³/mol. The quantitative estimate of drug-likeness (QED) is 0.731. The largest absolute Gasteiger partial charge is 0.339 e. The topological polar surface area (TPSA) is 75.6 Å². The van der Waals surface area contributed by atoms with Gasteiger partial charge in [-0.25, -0.2) is 9.78 Å². The Hall–Kier alpha value is -2.63. The lowest BCUT2D eigenvalue weighted by Crippen LogP contribution is -2.11. The van der Waals surface area contributed by atoms with Gasteiger partial charge in [-0.05, 0) is 19.1 Å². The molecule has 0 atom stereocenters. The summed E-state index contributed by atoms with van der Waals surface area (Å²) in [6.45, 7) is 1.92. The molecule has 0 unspecified atom stereocenters. The van der Waals surface area contributed by atoms with Crippen LogP contribution in [0.5, 0.6) is 0 Å². The van der Waals surface area contributed by atoms with Gasteiger partial charge in [-0.1, -0.05) is 0 Å². The molecule has 3 heterocycles. The Morgan fingerprint density at radius 1 is 1.37 bits per heavy atom. The fourth-order valence-electron chi connectivity index (χ4n) is 1.95. The average molecular weight is 255 g/mol. The van der Waals surface area contributed by atoms with E-state index in [-0.39, 0.29) is 5.69 Å². The summed E-state index contributed by atoms with van der Waals surface area (Å²) in [4.78, 5) is 22.8. The first kappa shape index (κ1) is 11.5. The maximum atomic E-state index is 11.5. The smallest absolute Gasteiger partial charge is 0.326 e. The number of rotatable bonds is 2. The standard InChI is InChI=1S/C13H13N5O/c1-8-9(4-3-5-14-8)16-12-6-10-11(7-15-12)18(2)13(19)17-10/h3-7H,1-2H3,(H,15,16)(H,17,19). The number of pyridine rings is 2. The summed E-state index contributed by atoms with van der Waals surface area (Å²) in [5.41, 5.74) is 3.18. The highest BCUT2D eigenvalue weighted by Gasteiger charge is 2.06. The van der Waals surface area contributed by atoms with Crippen LogP contribution in [0.4, 0.5) is 11.5 Å². The molecule has 0 aliphatic rings. The lowest BCUT2D eigenvalue weighted by Gasteiger charge is -2.07. The van der Waals surface area contributed by atoms with Crippen molar-refractivity contribution in [2.75, 3.05) is 5.32 Å².